The summed E-state index contributed by atoms with van der Waals surface area (Å²) in [5, 5.41) is 0. The van der Waals surface area contributed by atoms with E-state index < -0.39 is 0 Å². The van der Waals surface area contributed by atoms with Gasteiger partial charge in [-0.3, -0.25) is 0 Å². The Balaban J connectivity index is 3.18. The quantitative estimate of drug-likeness (QED) is 0.650. The van der Waals surface area contributed by atoms with Gasteiger partial charge < -0.3 is 14.4 Å². The summed E-state index contributed by atoms with van der Waals surface area (Å²) in [4.78, 5) is 2.09. The van der Waals surface area contributed by atoms with Crippen molar-refractivity contribution in [3.8, 4) is 11.5 Å². The van der Waals surface area contributed by atoms with Gasteiger partial charge in [0.25, 0.3) is 0 Å². The van der Waals surface area contributed by atoms with Crippen LogP contribution in [0.15, 0.2) is 12.1 Å². The predicted molar refractivity (Wildman–Crippen MR) is 65.1 cm³/mol. The Kier molecular flexibility index (Phi) is 4.03. The van der Waals surface area contributed by atoms with Gasteiger partial charge in [0.2, 0.25) is 0 Å². The lowest BCUT2D eigenvalue weighted by atomic mass is 9.93. The zero-order valence-corrected chi connectivity index (χ0v) is 10.1. The number of ether oxygens (including phenoxy) is 2. The molecule has 4 heteroatoms. The van der Waals surface area contributed by atoms with E-state index in [9.17, 15) is 0 Å². The van der Waals surface area contributed by atoms with E-state index in [-0.39, 0.29) is 0 Å². The van der Waals surface area contributed by atoms with Gasteiger partial charge >= 0.3 is 0 Å². The molecule has 0 saturated carbocycles. The van der Waals surface area contributed by atoms with Gasteiger partial charge in [-0.25, -0.2) is 0 Å². The lowest BCUT2D eigenvalue weighted by molar-refractivity contribution is 0.349. The van der Waals surface area contributed by atoms with Crippen molar-refractivity contribution in [3.63, 3.8) is 0 Å². The lowest BCUT2D eigenvalue weighted by Gasteiger charge is -2.17. The third-order valence-electron chi connectivity index (χ3n) is 2.23. The minimum Gasteiger partial charge on any atom is -0.496 e. The zero-order valence-electron chi connectivity index (χ0n) is 10.1. The van der Waals surface area contributed by atoms with Crippen LogP contribution in [0, 0.1) is 0 Å². The van der Waals surface area contributed by atoms with Crippen LogP contribution in [0.1, 0.15) is 5.56 Å². The fourth-order valence-electron chi connectivity index (χ4n) is 1.59. The first-order valence-corrected chi connectivity index (χ1v) is 4.94. The molecule has 0 N–H and O–H groups in total. The largest absolute Gasteiger partial charge is 0.496 e. The van der Waals surface area contributed by atoms with E-state index in [1.165, 1.54) is 0 Å². The van der Waals surface area contributed by atoms with Crippen molar-refractivity contribution < 1.29 is 9.47 Å². The van der Waals surface area contributed by atoms with Crippen LogP contribution in [0.2, 0.25) is 0 Å². The number of benzene rings is 1. The maximum absolute atomic E-state index is 5.36. The predicted octanol–water partition coefficient (Wildman–Crippen LogP) is 0.0238. The average Bonchev–Trinajstić information content (AvgIpc) is 2.19. The lowest BCUT2D eigenvalue weighted by Crippen LogP contribution is -2.15. The second-order valence-corrected chi connectivity index (χ2v) is 3.89. The van der Waals surface area contributed by atoms with E-state index in [1.807, 2.05) is 34.1 Å². The van der Waals surface area contributed by atoms with Crippen LogP contribution in [-0.2, 0) is 6.54 Å². The molecule has 15 heavy (non-hydrogen) atoms. The van der Waals surface area contributed by atoms with Crippen molar-refractivity contribution in [2.75, 3.05) is 28.3 Å². The first kappa shape index (κ1) is 11.9. The summed E-state index contributed by atoms with van der Waals surface area (Å²) in [5.74, 6) is 1.78. The van der Waals surface area contributed by atoms with Crippen LogP contribution in [0.25, 0.3) is 0 Å². The summed E-state index contributed by atoms with van der Waals surface area (Å²) in [5.41, 5.74) is 2.24. The maximum atomic E-state index is 5.36. The molecule has 0 saturated heterocycles. The summed E-state index contributed by atoms with van der Waals surface area (Å²) in [6, 6.07) is 4.06. The molecule has 3 nitrogen and oxygen atoms in total. The Hall–Kier alpha value is -1.16. The normalized spacial score (nSPS) is 10.5. The fourth-order valence-corrected chi connectivity index (χ4v) is 1.59. The molecule has 0 fully saturated rings. The summed E-state index contributed by atoms with van der Waals surface area (Å²) >= 11 is 0. The number of hydrogen-bond acceptors (Lipinski definition) is 3. The van der Waals surface area contributed by atoms with Gasteiger partial charge in [0, 0.05) is 6.54 Å². The maximum Gasteiger partial charge on any atom is 0.139 e. The molecule has 1 rings (SSSR count). The molecule has 0 aliphatic heterocycles. The Morgan fingerprint density at radius 3 is 1.93 bits per heavy atom. The summed E-state index contributed by atoms with van der Waals surface area (Å²) in [6.45, 7) is 0.812. The van der Waals surface area contributed by atoms with E-state index in [0.29, 0.717) is 0 Å². The van der Waals surface area contributed by atoms with E-state index in [4.69, 9.17) is 9.47 Å². The minimum absolute atomic E-state index is 0.812. The van der Waals surface area contributed by atoms with Crippen LogP contribution in [-0.4, -0.2) is 41.1 Å². The number of hydrogen-bond donors (Lipinski definition) is 0. The second-order valence-electron chi connectivity index (χ2n) is 3.89. The SMILES string of the molecule is Bc1cc(OC)c(CN(C)C)c(OC)c1. The van der Waals surface area contributed by atoms with Gasteiger partial charge in [-0.15, -0.1) is 0 Å². The molecule has 1 aromatic rings. The number of methoxy groups -OCH3 is 2. The van der Waals surface area contributed by atoms with Crippen molar-refractivity contribution in [1.82, 2.24) is 4.90 Å². The van der Waals surface area contributed by atoms with Crippen molar-refractivity contribution in [2.24, 2.45) is 0 Å². The fraction of sp³-hybridized carbons (Fsp3) is 0.455. The highest BCUT2D eigenvalue weighted by molar-refractivity contribution is 6.32. The van der Waals surface area contributed by atoms with Crippen molar-refractivity contribution in [3.05, 3.63) is 17.7 Å². The molecule has 0 bridgehead atoms. The first-order chi connectivity index (χ1) is 7.08. The smallest absolute Gasteiger partial charge is 0.139 e. The molecule has 0 spiro atoms. The van der Waals surface area contributed by atoms with Gasteiger partial charge in [-0.2, -0.15) is 0 Å². The average molecular weight is 207 g/mol. The van der Waals surface area contributed by atoms with E-state index in [1.54, 1.807) is 14.2 Å². The van der Waals surface area contributed by atoms with Gasteiger partial charge in [0.15, 0.2) is 0 Å². The highest BCUT2D eigenvalue weighted by Gasteiger charge is 2.11. The molecule has 0 heterocycles. The molecule has 82 valence electrons. The third kappa shape index (κ3) is 2.89. The molecule has 0 aromatic heterocycles. The molecule has 0 amide bonds. The van der Waals surface area contributed by atoms with Crippen LogP contribution in [0.5, 0.6) is 11.5 Å². The molecule has 0 atom stereocenters. The van der Waals surface area contributed by atoms with Gasteiger partial charge in [-0.1, -0.05) is 5.46 Å². The summed E-state index contributed by atoms with van der Waals surface area (Å²) in [6.07, 6.45) is 0. The molecule has 0 radical (unpaired) electrons. The topological polar surface area (TPSA) is 21.7 Å². The highest BCUT2D eigenvalue weighted by atomic mass is 16.5. The van der Waals surface area contributed by atoms with Crippen LogP contribution in [0.4, 0.5) is 0 Å². The van der Waals surface area contributed by atoms with Crippen molar-refractivity contribution in [1.29, 1.82) is 0 Å². The number of rotatable bonds is 4. The molecule has 0 unspecified atom stereocenters. The third-order valence-corrected chi connectivity index (χ3v) is 2.23. The van der Waals surface area contributed by atoms with E-state index in [0.717, 1.165) is 29.1 Å². The van der Waals surface area contributed by atoms with E-state index >= 15 is 0 Å². The van der Waals surface area contributed by atoms with E-state index in [2.05, 4.69) is 4.90 Å². The molecule has 1 aromatic carbocycles. The second kappa shape index (κ2) is 5.07. The van der Waals surface area contributed by atoms with Gasteiger partial charge in [-0.05, 0) is 26.2 Å². The summed E-state index contributed by atoms with van der Waals surface area (Å²) in [7, 11) is 9.46. The molecular formula is C11H18BNO2. The van der Waals surface area contributed by atoms with Crippen molar-refractivity contribution >= 4 is 13.3 Å². The van der Waals surface area contributed by atoms with Crippen LogP contribution >= 0.6 is 0 Å². The molecular weight excluding hydrogens is 189 g/mol. The van der Waals surface area contributed by atoms with Gasteiger partial charge in [0.1, 0.15) is 19.3 Å². The monoisotopic (exact) mass is 207 g/mol. The number of nitrogens with zero attached hydrogens (tertiary/aromatic N) is 1. The molecule has 0 aliphatic rings. The highest BCUT2D eigenvalue weighted by Crippen LogP contribution is 2.27. The standard InChI is InChI=1S/C11H18BNO2/c1-13(2)7-9-10(14-3)5-8(12)6-11(9)15-4/h5-6H,7,12H2,1-4H3. The Labute approximate surface area is 92.4 Å². The van der Waals surface area contributed by atoms with Gasteiger partial charge in [0.05, 0.1) is 19.8 Å². The Morgan fingerprint density at radius 2 is 1.60 bits per heavy atom. The van der Waals surface area contributed by atoms with Crippen molar-refractivity contribution in [2.45, 2.75) is 6.54 Å². The first-order valence-electron chi connectivity index (χ1n) is 4.94. The minimum atomic E-state index is 0.812. The Morgan fingerprint density at radius 1 is 1.13 bits per heavy atom. The van der Waals surface area contributed by atoms with Crippen LogP contribution in [0.3, 0.4) is 0 Å². The summed E-state index contributed by atoms with van der Waals surface area (Å²) < 4.78 is 10.7. The zero-order chi connectivity index (χ0) is 11.4. The molecule has 0 aliphatic carbocycles. The Bertz CT molecular complexity index is 314. The van der Waals surface area contributed by atoms with Crippen LogP contribution < -0.4 is 14.9 Å².